The second-order valence-electron chi connectivity index (χ2n) is 5.26. The van der Waals surface area contributed by atoms with E-state index in [1.165, 1.54) is 28.2 Å². The van der Waals surface area contributed by atoms with Crippen LogP contribution in [0.25, 0.3) is 16.9 Å². The molecule has 3 rings (SSSR count). The van der Waals surface area contributed by atoms with Gasteiger partial charge in [0.25, 0.3) is 0 Å². The van der Waals surface area contributed by atoms with E-state index in [-0.39, 0.29) is 0 Å². The van der Waals surface area contributed by atoms with Gasteiger partial charge in [0.2, 0.25) is 0 Å². The lowest BCUT2D eigenvalue weighted by molar-refractivity contribution is 0.415. The highest BCUT2D eigenvalue weighted by Gasteiger charge is 2.09. The van der Waals surface area contributed by atoms with Gasteiger partial charge in [0.15, 0.2) is 0 Å². The molecule has 0 aliphatic carbocycles. The summed E-state index contributed by atoms with van der Waals surface area (Å²) in [6.45, 7) is 4.24. The van der Waals surface area contributed by atoms with Crippen LogP contribution in [-0.4, -0.2) is 11.7 Å². The van der Waals surface area contributed by atoms with Gasteiger partial charge in [-0.05, 0) is 67.9 Å². The Morgan fingerprint density at radius 2 is 1.43 bits per heavy atom. The molecule has 0 bridgehead atoms. The van der Waals surface area contributed by atoms with Gasteiger partial charge < -0.3 is 9.30 Å². The molecule has 0 aliphatic rings. The summed E-state index contributed by atoms with van der Waals surface area (Å²) < 4.78 is 7.51. The molecule has 0 saturated carbocycles. The highest BCUT2D eigenvalue weighted by molar-refractivity contribution is 5.65. The molecule has 0 radical (unpaired) electrons. The normalized spacial score (nSPS) is 10.6. The second-order valence-corrected chi connectivity index (χ2v) is 5.26. The van der Waals surface area contributed by atoms with Gasteiger partial charge >= 0.3 is 0 Å². The van der Waals surface area contributed by atoms with Crippen molar-refractivity contribution in [2.75, 3.05) is 7.11 Å². The van der Waals surface area contributed by atoms with Crippen molar-refractivity contribution in [3.8, 4) is 22.7 Å². The molecule has 1 aromatic heterocycles. The highest BCUT2D eigenvalue weighted by atomic mass is 16.5. The second kappa shape index (κ2) is 5.49. The number of ether oxygens (including phenoxy) is 1. The molecule has 0 fully saturated rings. The predicted octanol–water partition coefficient (Wildman–Crippen LogP) is 4.77. The number of hydrogen-bond acceptors (Lipinski definition) is 1. The van der Waals surface area contributed by atoms with Crippen molar-refractivity contribution >= 4 is 0 Å². The van der Waals surface area contributed by atoms with E-state index in [1.54, 1.807) is 7.11 Å². The van der Waals surface area contributed by atoms with E-state index >= 15 is 0 Å². The van der Waals surface area contributed by atoms with Gasteiger partial charge in [-0.2, -0.15) is 0 Å². The maximum Gasteiger partial charge on any atom is 0.118 e. The summed E-state index contributed by atoms with van der Waals surface area (Å²) in [7, 11) is 1.69. The Balaban J connectivity index is 2.09. The Hall–Kier alpha value is -2.48. The maximum atomic E-state index is 5.23. The molecule has 0 atom stereocenters. The van der Waals surface area contributed by atoms with E-state index in [4.69, 9.17) is 4.74 Å². The third-order valence-corrected chi connectivity index (χ3v) is 3.75. The topological polar surface area (TPSA) is 14.2 Å². The molecular formula is C19H19NO. The van der Waals surface area contributed by atoms with Gasteiger partial charge in [-0.25, -0.2) is 0 Å². The van der Waals surface area contributed by atoms with Crippen LogP contribution in [0.15, 0.2) is 60.7 Å². The summed E-state index contributed by atoms with van der Waals surface area (Å²) in [4.78, 5) is 0. The summed E-state index contributed by atoms with van der Waals surface area (Å²) in [6.07, 6.45) is 0. The third kappa shape index (κ3) is 2.57. The molecule has 21 heavy (non-hydrogen) atoms. The Bertz CT molecular complexity index is 736. The van der Waals surface area contributed by atoms with Crippen LogP contribution >= 0.6 is 0 Å². The smallest absolute Gasteiger partial charge is 0.118 e. The van der Waals surface area contributed by atoms with Crippen LogP contribution in [0, 0.1) is 13.8 Å². The lowest BCUT2D eigenvalue weighted by Gasteiger charge is -2.13. The summed E-state index contributed by atoms with van der Waals surface area (Å²) in [5.41, 5.74) is 6.07. The van der Waals surface area contributed by atoms with Gasteiger partial charge in [-0.1, -0.05) is 17.7 Å². The minimum atomic E-state index is 0.879. The summed E-state index contributed by atoms with van der Waals surface area (Å²) in [6, 6.07) is 21.1. The maximum absolute atomic E-state index is 5.23. The molecule has 0 saturated heterocycles. The fourth-order valence-corrected chi connectivity index (χ4v) is 2.56. The minimum Gasteiger partial charge on any atom is -0.497 e. The standard InChI is InChI=1S/C19H19NO/c1-14-4-9-17(10-5-14)20-15(2)6-13-19(20)16-7-11-18(21-3)12-8-16/h4-13H,1-3H3. The Labute approximate surface area is 125 Å². The molecule has 3 aromatic rings. The van der Waals surface area contributed by atoms with Crippen LogP contribution in [0.5, 0.6) is 5.75 Å². The number of methoxy groups -OCH3 is 1. The van der Waals surface area contributed by atoms with Crippen LogP contribution in [0.4, 0.5) is 0 Å². The van der Waals surface area contributed by atoms with Crippen molar-refractivity contribution in [1.29, 1.82) is 0 Å². The van der Waals surface area contributed by atoms with E-state index in [9.17, 15) is 0 Å². The molecule has 1 heterocycles. The number of aryl methyl sites for hydroxylation is 2. The molecule has 106 valence electrons. The first-order valence-electron chi connectivity index (χ1n) is 7.09. The van der Waals surface area contributed by atoms with Crippen molar-refractivity contribution in [3.05, 3.63) is 71.9 Å². The Kier molecular flexibility index (Phi) is 3.53. The third-order valence-electron chi connectivity index (χ3n) is 3.75. The average Bonchev–Trinajstić information content (AvgIpc) is 2.90. The van der Waals surface area contributed by atoms with Crippen LogP contribution in [-0.2, 0) is 0 Å². The SMILES string of the molecule is COc1ccc(-c2ccc(C)n2-c2ccc(C)cc2)cc1. The molecule has 2 nitrogen and oxygen atoms in total. The first kappa shape index (κ1) is 13.5. The van der Waals surface area contributed by atoms with Crippen molar-refractivity contribution in [2.24, 2.45) is 0 Å². The number of hydrogen-bond donors (Lipinski definition) is 0. The first-order valence-corrected chi connectivity index (χ1v) is 7.09. The van der Waals surface area contributed by atoms with E-state index < -0.39 is 0 Å². The zero-order chi connectivity index (χ0) is 14.8. The summed E-state index contributed by atoms with van der Waals surface area (Å²) in [5, 5.41) is 0. The van der Waals surface area contributed by atoms with Crippen molar-refractivity contribution in [1.82, 2.24) is 4.57 Å². The van der Waals surface area contributed by atoms with E-state index in [0.29, 0.717) is 0 Å². The quantitative estimate of drug-likeness (QED) is 0.672. The monoisotopic (exact) mass is 277 g/mol. The Morgan fingerprint density at radius 1 is 0.762 bits per heavy atom. The van der Waals surface area contributed by atoms with E-state index in [2.05, 4.69) is 66.9 Å². The van der Waals surface area contributed by atoms with Gasteiger partial charge in [0.05, 0.1) is 12.8 Å². The molecule has 0 amide bonds. The zero-order valence-electron chi connectivity index (χ0n) is 12.6. The zero-order valence-corrected chi connectivity index (χ0v) is 12.6. The Morgan fingerprint density at radius 3 is 2.05 bits per heavy atom. The van der Waals surface area contributed by atoms with Crippen molar-refractivity contribution < 1.29 is 4.74 Å². The molecule has 0 spiro atoms. The van der Waals surface area contributed by atoms with Crippen LogP contribution in [0.3, 0.4) is 0 Å². The van der Waals surface area contributed by atoms with Gasteiger partial charge in [0, 0.05) is 11.4 Å². The van der Waals surface area contributed by atoms with Crippen LogP contribution < -0.4 is 4.74 Å². The van der Waals surface area contributed by atoms with Crippen molar-refractivity contribution in [2.45, 2.75) is 13.8 Å². The number of benzene rings is 2. The lowest BCUT2D eigenvalue weighted by Crippen LogP contribution is -1.98. The van der Waals surface area contributed by atoms with E-state index in [0.717, 1.165) is 5.75 Å². The van der Waals surface area contributed by atoms with E-state index in [1.807, 2.05) is 12.1 Å². The molecule has 0 unspecified atom stereocenters. The number of rotatable bonds is 3. The summed E-state index contributed by atoms with van der Waals surface area (Å²) >= 11 is 0. The average molecular weight is 277 g/mol. The molecule has 0 aliphatic heterocycles. The first-order chi connectivity index (χ1) is 10.2. The fourth-order valence-electron chi connectivity index (χ4n) is 2.56. The predicted molar refractivity (Wildman–Crippen MR) is 87.2 cm³/mol. The fraction of sp³-hybridized carbons (Fsp3) is 0.158. The summed E-state index contributed by atoms with van der Waals surface area (Å²) in [5.74, 6) is 0.879. The molecular weight excluding hydrogens is 258 g/mol. The largest absolute Gasteiger partial charge is 0.497 e. The molecule has 2 heteroatoms. The van der Waals surface area contributed by atoms with Gasteiger partial charge in [-0.3, -0.25) is 0 Å². The number of nitrogens with zero attached hydrogens (tertiary/aromatic N) is 1. The lowest BCUT2D eigenvalue weighted by atomic mass is 10.1. The van der Waals surface area contributed by atoms with Gasteiger partial charge in [-0.15, -0.1) is 0 Å². The minimum absolute atomic E-state index is 0.879. The number of aromatic nitrogens is 1. The van der Waals surface area contributed by atoms with Crippen LogP contribution in [0.1, 0.15) is 11.3 Å². The highest BCUT2D eigenvalue weighted by Crippen LogP contribution is 2.28. The molecule has 2 aromatic carbocycles. The molecule has 0 N–H and O–H groups in total. The van der Waals surface area contributed by atoms with Crippen molar-refractivity contribution in [3.63, 3.8) is 0 Å². The van der Waals surface area contributed by atoms with Crippen LogP contribution in [0.2, 0.25) is 0 Å². The van der Waals surface area contributed by atoms with Gasteiger partial charge in [0.1, 0.15) is 5.75 Å².